The molecule has 0 radical (unpaired) electrons. The number of nitrogens with two attached hydrogens (primary N) is 1. The zero-order valence-electron chi connectivity index (χ0n) is 11.5. The first-order valence-electron chi connectivity index (χ1n) is 6.85. The van der Waals surface area contributed by atoms with Crippen molar-refractivity contribution in [3.63, 3.8) is 0 Å². The van der Waals surface area contributed by atoms with Crippen LogP contribution < -0.4 is 10.5 Å². The topological polar surface area (TPSA) is 35.2 Å². The molecule has 0 heterocycles. The van der Waals surface area contributed by atoms with Crippen LogP contribution in [0, 0.1) is 5.92 Å². The van der Waals surface area contributed by atoms with Gasteiger partial charge in [-0.15, -0.1) is 0 Å². The molecule has 3 heteroatoms. The van der Waals surface area contributed by atoms with E-state index in [4.69, 9.17) is 10.5 Å². The van der Waals surface area contributed by atoms with Crippen LogP contribution in [-0.4, -0.2) is 7.11 Å². The first-order valence-corrected chi connectivity index (χ1v) is 7.64. The Kier molecular flexibility index (Phi) is 3.81. The summed E-state index contributed by atoms with van der Waals surface area (Å²) in [6, 6.07) is 14.7. The van der Waals surface area contributed by atoms with Crippen molar-refractivity contribution in [3.8, 4) is 5.75 Å². The molecular weight excluding hydrogens is 314 g/mol. The van der Waals surface area contributed by atoms with E-state index in [1.807, 2.05) is 12.1 Å². The molecule has 104 valence electrons. The fourth-order valence-electron chi connectivity index (χ4n) is 3.01. The van der Waals surface area contributed by atoms with Crippen molar-refractivity contribution in [2.75, 3.05) is 7.11 Å². The molecular formula is C17H18BrNO. The number of hydrogen-bond donors (Lipinski definition) is 1. The second-order valence-corrected chi connectivity index (χ2v) is 6.20. The number of hydrogen-bond acceptors (Lipinski definition) is 2. The Balaban J connectivity index is 1.82. The molecule has 1 atom stereocenters. The van der Waals surface area contributed by atoms with E-state index in [1.54, 1.807) is 7.11 Å². The van der Waals surface area contributed by atoms with Crippen LogP contribution in [0.1, 0.15) is 22.7 Å². The van der Waals surface area contributed by atoms with E-state index in [-0.39, 0.29) is 6.04 Å². The quantitative estimate of drug-likeness (QED) is 0.926. The molecule has 0 aliphatic heterocycles. The lowest BCUT2D eigenvalue weighted by molar-refractivity contribution is 0.412. The van der Waals surface area contributed by atoms with E-state index in [2.05, 4.69) is 46.3 Å². The molecule has 0 bridgehead atoms. The lowest BCUT2D eigenvalue weighted by Gasteiger charge is -2.21. The third-order valence-corrected chi connectivity index (χ3v) is 4.84. The Labute approximate surface area is 128 Å². The predicted molar refractivity (Wildman–Crippen MR) is 85.0 cm³/mol. The van der Waals surface area contributed by atoms with Gasteiger partial charge in [0.15, 0.2) is 0 Å². The van der Waals surface area contributed by atoms with Crippen molar-refractivity contribution < 1.29 is 4.74 Å². The predicted octanol–water partition coefficient (Wildman–Crippen LogP) is 3.87. The van der Waals surface area contributed by atoms with Crippen LogP contribution in [0.5, 0.6) is 5.75 Å². The lowest BCUT2D eigenvalue weighted by atomic mass is 9.91. The maximum Gasteiger partial charge on any atom is 0.120 e. The Morgan fingerprint density at radius 3 is 2.35 bits per heavy atom. The highest BCUT2D eigenvalue weighted by Crippen LogP contribution is 2.37. The number of methoxy groups -OCH3 is 1. The number of ether oxygens (including phenoxy) is 1. The smallest absolute Gasteiger partial charge is 0.120 e. The van der Waals surface area contributed by atoms with Gasteiger partial charge >= 0.3 is 0 Å². The zero-order valence-corrected chi connectivity index (χ0v) is 13.1. The van der Waals surface area contributed by atoms with Crippen molar-refractivity contribution in [2.45, 2.75) is 18.9 Å². The highest BCUT2D eigenvalue weighted by atomic mass is 79.9. The van der Waals surface area contributed by atoms with Crippen LogP contribution in [-0.2, 0) is 12.8 Å². The first kappa shape index (κ1) is 13.7. The minimum atomic E-state index is 0.0441. The molecule has 3 rings (SSSR count). The van der Waals surface area contributed by atoms with Crippen LogP contribution in [0.2, 0.25) is 0 Å². The fourth-order valence-corrected chi connectivity index (χ4v) is 3.63. The molecule has 1 aliphatic carbocycles. The van der Waals surface area contributed by atoms with Gasteiger partial charge in [-0.3, -0.25) is 0 Å². The normalized spacial score (nSPS) is 15.9. The molecule has 0 saturated heterocycles. The van der Waals surface area contributed by atoms with Gasteiger partial charge in [0.2, 0.25) is 0 Å². The lowest BCUT2D eigenvalue weighted by Crippen LogP contribution is -2.22. The Bertz CT molecular complexity index is 601. The van der Waals surface area contributed by atoms with E-state index in [1.165, 1.54) is 11.1 Å². The molecule has 0 fully saturated rings. The van der Waals surface area contributed by atoms with Gasteiger partial charge < -0.3 is 10.5 Å². The second kappa shape index (κ2) is 5.58. The van der Waals surface area contributed by atoms with Gasteiger partial charge in [0.25, 0.3) is 0 Å². The van der Waals surface area contributed by atoms with Crippen LogP contribution in [0.25, 0.3) is 0 Å². The SMILES string of the molecule is COc1ccc(C(N)C2Cc3ccccc3C2)c(Br)c1. The van der Waals surface area contributed by atoms with E-state index in [0.717, 1.165) is 28.6 Å². The van der Waals surface area contributed by atoms with Crippen LogP contribution >= 0.6 is 15.9 Å². The summed E-state index contributed by atoms with van der Waals surface area (Å²) in [5.41, 5.74) is 10.5. The van der Waals surface area contributed by atoms with Gasteiger partial charge in [0.1, 0.15) is 5.75 Å². The number of halogens is 1. The highest BCUT2D eigenvalue weighted by molar-refractivity contribution is 9.10. The summed E-state index contributed by atoms with van der Waals surface area (Å²) in [6.07, 6.45) is 2.13. The Hall–Kier alpha value is -1.32. The highest BCUT2D eigenvalue weighted by Gasteiger charge is 2.28. The first-order chi connectivity index (χ1) is 9.69. The zero-order chi connectivity index (χ0) is 14.1. The van der Waals surface area contributed by atoms with Gasteiger partial charge in [-0.2, -0.15) is 0 Å². The molecule has 0 aromatic heterocycles. The molecule has 2 aromatic carbocycles. The molecule has 1 unspecified atom stereocenters. The average Bonchev–Trinajstić information content (AvgIpc) is 2.90. The number of fused-ring (bicyclic) bond motifs is 1. The third kappa shape index (κ3) is 2.48. The molecule has 0 amide bonds. The minimum absolute atomic E-state index is 0.0441. The molecule has 20 heavy (non-hydrogen) atoms. The summed E-state index contributed by atoms with van der Waals surface area (Å²) in [7, 11) is 1.68. The maximum atomic E-state index is 6.50. The molecule has 1 aliphatic rings. The monoisotopic (exact) mass is 331 g/mol. The number of benzene rings is 2. The van der Waals surface area contributed by atoms with E-state index < -0.39 is 0 Å². The summed E-state index contributed by atoms with van der Waals surface area (Å²) < 4.78 is 6.26. The van der Waals surface area contributed by atoms with Crippen molar-refractivity contribution in [1.29, 1.82) is 0 Å². The minimum Gasteiger partial charge on any atom is -0.497 e. The molecule has 2 N–H and O–H groups in total. The van der Waals surface area contributed by atoms with Gasteiger partial charge in [-0.25, -0.2) is 0 Å². The van der Waals surface area contributed by atoms with Crippen molar-refractivity contribution >= 4 is 15.9 Å². The molecule has 0 saturated carbocycles. The van der Waals surface area contributed by atoms with Crippen LogP contribution in [0.3, 0.4) is 0 Å². The van der Waals surface area contributed by atoms with Crippen LogP contribution in [0.4, 0.5) is 0 Å². The second-order valence-electron chi connectivity index (χ2n) is 5.35. The fraction of sp³-hybridized carbons (Fsp3) is 0.294. The summed E-state index contributed by atoms with van der Waals surface area (Å²) in [5, 5.41) is 0. The Morgan fingerprint density at radius 1 is 1.15 bits per heavy atom. The van der Waals surface area contributed by atoms with E-state index in [0.29, 0.717) is 5.92 Å². The summed E-state index contributed by atoms with van der Waals surface area (Å²) in [6.45, 7) is 0. The Morgan fingerprint density at radius 2 is 1.80 bits per heavy atom. The van der Waals surface area contributed by atoms with Crippen molar-refractivity contribution in [2.24, 2.45) is 11.7 Å². The van der Waals surface area contributed by atoms with Crippen molar-refractivity contribution in [3.05, 3.63) is 63.6 Å². The maximum absolute atomic E-state index is 6.50. The van der Waals surface area contributed by atoms with E-state index in [9.17, 15) is 0 Å². The summed E-state index contributed by atoms with van der Waals surface area (Å²) in [5.74, 6) is 1.32. The summed E-state index contributed by atoms with van der Waals surface area (Å²) >= 11 is 3.61. The van der Waals surface area contributed by atoms with Gasteiger partial charge in [0.05, 0.1) is 7.11 Å². The molecule has 2 aromatic rings. The number of rotatable bonds is 3. The van der Waals surface area contributed by atoms with Gasteiger partial charge in [-0.05, 0) is 47.6 Å². The largest absolute Gasteiger partial charge is 0.497 e. The average molecular weight is 332 g/mol. The molecule has 0 spiro atoms. The standard InChI is InChI=1S/C17H18BrNO/c1-20-14-6-7-15(16(18)10-14)17(19)13-8-11-4-2-3-5-12(11)9-13/h2-7,10,13,17H,8-9,19H2,1H3. The molecule has 2 nitrogen and oxygen atoms in total. The van der Waals surface area contributed by atoms with Gasteiger partial charge in [-0.1, -0.05) is 46.3 Å². The van der Waals surface area contributed by atoms with Crippen LogP contribution in [0.15, 0.2) is 46.9 Å². The van der Waals surface area contributed by atoms with Gasteiger partial charge in [0, 0.05) is 10.5 Å². The third-order valence-electron chi connectivity index (χ3n) is 4.16. The summed E-state index contributed by atoms with van der Waals surface area (Å²) in [4.78, 5) is 0. The van der Waals surface area contributed by atoms with E-state index >= 15 is 0 Å². The van der Waals surface area contributed by atoms with Crippen molar-refractivity contribution in [1.82, 2.24) is 0 Å².